The zero-order valence-corrected chi connectivity index (χ0v) is 18.8. The normalized spacial score (nSPS) is 19.5. The van der Waals surface area contributed by atoms with Gasteiger partial charge in [-0.05, 0) is 30.3 Å². The lowest BCUT2D eigenvalue weighted by Crippen LogP contribution is -2.52. The van der Waals surface area contributed by atoms with Gasteiger partial charge in [-0.15, -0.1) is 0 Å². The molecule has 178 valence electrons. The maximum absolute atomic E-state index is 13.2. The third-order valence-electron chi connectivity index (χ3n) is 5.80. The highest BCUT2D eigenvalue weighted by molar-refractivity contribution is 7.92. The van der Waals surface area contributed by atoms with E-state index < -0.39 is 27.9 Å². The Morgan fingerprint density at radius 2 is 1.70 bits per heavy atom. The summed E-state index contributed by atoms with van der Waals surface area (Å²) in [5.41, 5.74) is 0.143. The molecule has 1 atom stereocenters. The first-order chi connectivity index (χ1) is 15.5. The van der Waals surface area contributed by atoms with Crippen molar-refractivity contribution in [1.29, 1.82) is 0 Å². The molecule has 0 N–H and O–H groups in total. The van der Waals surface area contributed by atoms with Crippen molar-refractivity contribution in [3.05, 3.63) is 54.1 Å². The molecule has 2 aromatic carbocycles. The summed E-state index contributed by atoms with van der Waals surface area (Å²) in [6, 6.07) is 11.8. The zero-order chi connectivity index (χ0) is 23.8. The third-order valence-corrected chi connectivity index (χ3v) is 6.98. The first kappa shape index (κ1) is 23.2. The maximum atomic E-state index is 13.2. The van der Waals surface area contributed by atoms with Gasteiger partial charge in [0.15, 0.2) is 6.10 Å². The monoisotopic (exact) mass is 483 g/mol. The molecule has 2 aliphatic heterocycles. The molecule has 1 saturated heterocycles. The van der Waals surface area contributed by atoms with Gasteiger partial charge in [0, 0.05) is 44.8 Å². The van der Waals surface area contributed by atoms with Crippen molar-refractivity contribution in [3.8, 4) is 5.75 Å². The second-order valence-electron chi connectivity index (χ2n) is 8.06. The quantitative estimate of drug-likeness (QED) is 0.672. The molecule has 1 unspecified atom stereocenters. The molecule has 2 aromatic rings. The van der Waals surface area contributed by atoms with Crippen LogP contribution < -0.4 is 13.9 Å². The molecule has 1 fully saturated rings. The number of carbonyl (C=O) groups is 1. The third kappa shape index (κ3) is 5.02. The predicted octanol–water partition coefficient (Wildman–Crippen LogP) is 2.97. The number of piperazine rings is 1. The van der Waals surface area contributed by atoms with Crippen molar-refractivity contribution in [1.82, 2.24) is 4.90 Å². The lowest BCUT2D eigenvalue weighted by Gasteiger charge is -2.37. The maximum Gasteiger partial charge on any atom is 0.416 e. The van der Waals surface area contributed by atoms with E-state index in [1.165, 1.54) is 10.4 Å². The van der Waals surface area contributed by atoms with Crippen molar-refractivity contribution in [3.63, 3.8) is 0 Å². The van der Waals surface area contributed by atoms with Gasteiger partial charge in [0.2, 0.25) is 10.0 Å². The van der Waals surface area contributed by atoms with E-state index >= 15 is 0 Å². The number of fused-ring (bicyclic) bond motifs is 1. The highest BCUT2D eigenvalue weighted by atomic mass is 32.2. The largest absolute Gasteiger partial charge is 0.478 e. The minimum Gasteiger partial charge on any atom is -0.478 e. The zero-order valence-electron chi connectivity index (χ0n) is 18.0. The fourth-order valence-corrected chi connectivity index (χ4v) is 5.06. The Morgan fingerprint density at radius 3 is 2.36 bits per heavy atom. The van der Waals surface area contributed by atoms with E-state index in [0.717, 1.165) is 18.4 Å². The molecule has 33 heavy (non-hydrogen) atoms. The van der Waals surface area contributed by atoms with E-state index in [-0.39, 0.29) is 18.9 Å². The number of ether oxygens (including phenoxy) is 1. The number of hydrogen-bond acceptors (Lipinski definition) is 5. The Morgan fingerprint density at radius 1 is 1.00 bits per heavy atom. The highest BCUT2D eigenvalue weighted by Crippen LogP contribution is 2.35. The average molecular weight is 484 g/mol. The molecule has 1 amide bonds. The summed E-state index contributed by atoms with van der Waals surface area (Å²) in [6.07, 6.45) is -3.97. The van der Waals surface area contributed by atoms with E-state index in [1.807, 2.05) is 4.90 Å². The van der Waals surface area contributed by atoms with Crippen LogP contribution >= 0.6 is 0 Å². The van der Waals surface area contributed by atoms with Gasteiger partial charge in [-0.2, -0.15) is 13.2 Å². The Balaban J connectivity index is 1.44. The van der Waals surface area contributed by atoms with Crippen molar-refractivity contribution in [2.45, 2.75) is 18.7 Å². The van der Waals surface area contributed by atoms with Gasteiger partial charge >= 0.3 is 6.18 Å². The van der Waals surface area contributed by atoms with Gasteiger partial charge in [-0.3, -0.25) is 9.10 Å². The molecule has 0 radical (unpaired) electrons. The summed E-state index contributed by atoms with van der Waals surface area (Å²) in [5.74, 6) is 0.0604. The van der Waals surface area contributed by atoms with Gasteiger partial charge in [0.25, 0.3) is 5.91 Å². The van der Waals surface area contributed by atoms with Crippen LogP contribution in [0.2, 0.25) is 0 Å². The molecule has 0 aromatic heterocycles. The van der Waals surface area contributed by atoms with Gasteiger partial charge in [-0.25, -0.2) is 8.42 Å². The SMILES string of the molecule is CS(=O)(=O)N1CCC(C(=O)N2CCN(c3cccc(C(F)(F)F)c3)CC2)Oc2ccccc21. The van der Waals surface area contributed by atoms with Crippen LogP contribution in [-0.2, 0) is 21.0 Å². The standard InChI is InChI=1S/C22H24F3N3O4S/c1-33(30,31)28-10-9-20(32-19-8-3-2-7-18(19)28)21(29)27-13-11-26(12-14-27)17-6-4-5-16(15-17)22(23,24)25/h2-8,15,20H,9-14H2,1H3. The molecule has 0 spiro atoms. The molecule has 7 nitrogen and oxygen atoms in total. The molecular weight excluding hydrogens is 459 g/mol. The van der Waals surface area contributed by atoms with Crippen molar-refractivity contribution >= 4 is 27.3 Å². The minimum atomic E-state index is -4.42. The number of anilines is 2. The van der Waals surface area contributed by atoms with Gasteiger partial charge in [0.05, 0.1) is 17.5 Å². The smallest absolute Gasteiger partial charge is 0.416 e. The van der Waals surface area contributed by atoms with Crippen LogP contribution in [0.4, 0.5) is 24.5 Å². The number of nitrogens with zero attached hydrogens (tertiary/aromatic N) is 3. The molecule has 0 aliphatic carbocycles. The number of halogens is 3. The highest BCUT2D eigenvalue weighted by Gasteiger charge is 2.35. The van der Waals surface area contributed by atoms with Gasteiger partial charge in [0.1, 0.15) is 5.75 Å². The number of benzene rings is 2. The van der Waals surface area contributed by atoms with Crippen molar-refractivity contribution in [2.24, 2.45) is 0 Å². The Labute approximate surface area is 190 Å². The van der Waals surface area contributed by atoms with E-state index in [2.05, 4.69) is 0 Å². The summed E-state index contributed by atoms with van der Waals surface area (Å²) in [7, 11) is -3.55. The Bertz CT molecular complexity index is 1130. The minimum absolute atomic E-state index is 0.108. The lowest BCUT2D eigenvalue weighted by atomic mass is 10.1. The van der Waals surface area contributed by atoms with Crippen molar-refractivity contribution < 1.29 is 31.1 Å². The fourth-order valence-electron chi connectivity index (χ4n) is 4.12. The Hall–Kier alpha value is -2.95. The first-order valence-corrected chi connectivity index (χ1v) is 12.3. The van der Waals surface area contributed by atoms with Crippen LogP contribution in [0.15, 0.2) is 48.5 Å². The summed E-state index contributed by atoms with van der Waals surface area (Å²) in [5, 5.41) is 0. The number of sulfonamides is 1. The van der Waals surface area contributed by atoms with Crippen LogP contribution in [0.5, 0.6) is 5.75 Å². The van der Waals surface area contributed by atoms with Crippen LogP contribution in [0.3, 0.4) is 0 Å². The van der Waals surface area contributed by atoms with E-state index in [1.54, 1.807) is 35.2 Å². The molecule has 2 heterocycles. The molecule has 2 aliphatic rings. The van der Waals surface area contributed by atoms with Crippen LogP contribution in [0.1, 0.15) is 12.0 Å². The fraction of sp³-hybridized carbons (Fsp3) is 0.409. The topological polar surface area (TPSA) is 70.2 Å². The summed E-state index contributed by atoms with van der Waals surface area (Å²) in [4.78, 5) is 16.6. The van der Waals surface area contributed by atoms with Crippen molar-refractivity contribution in [2.75, 3.05) is 48.2 Å². The summed E-state index contributed by atoms with van der Waals surface area (Å²) in [6.45, 7) is 1.52. The first-order valence-electron chi connectivity index (χ1n) is 10.5. The van der Waals surface area contributed by atoms with Crippen LogP contribution in [0.25, 0.3) is 0 Å². The second kappa shape index (κ2) is 8.77. The second-order valence-corrected chi connectivity index (χ2v) is 9.97. The molecular formula is C22H24F3N3O4S. The van der Waals surface area contributed by atoms with E-state index in [4.69, 9.17) is 4.74 Å². The molecule has 11 heteroatoms. The summed E-state index contributed by atoms with van der Waals surface area (Å²) >= 11 is 0. The van der Waals surface area contributed by atoms with Crippen LogP contribution in [0, 0.1) is 0 Å². The lowest BCUT2D eigenvalue weighted by molar-refractivity contribution is -0.139. The predicted molar refractivity (Wildman–Crippen MR) is 118 cm³/mol. The number of carbonyl (C=O) groups excluding carboxylic acids is 1. The number of amides is 1. The molecule has 0 bridgehead atoms. The molecule has 0 saturated carbocycles. The number of para-hydroxylation sites is 2. The number of hydrogen-bond donors (Lipinski definition) is 0. The Kier molecular flexibility index (Phi) is 6.17. The van der Waals surface area contributed by atoms with E-state index in [9.17, 15) is 26.4 Å². The summed E-state index contributed by atoms with van der Waals surface area (Å²) < 4.78 is 70.7. The van der Waals surface area contributed by atoms with Gasteiger partial charge in [-0.1, -0.05) is 18.2 Å². The van der Waals surface area contributed by atoms with Crippen LogP contribution in [-0.4, -0.2) is 64.3 Å². The number of alkyl halides is 3. The number of rotatable bonds is 3. The van der Waals surface area contributed by atoms with Gasteiger partial charge < -0.3 is 14.5 Å². The molecule has 4 rings (SSSR count). The van der Waals surface area contributed by atoms with E-state index in [0.29, 0.717) is 43.3 Å². The average Bonchev–Trinajstić information content (AvgIpc) is 2.98.